The van der Waals surface area contributed by atoms with Gasteiger partial charge in [0.05, 0.1) is 0 Å². The highest BCUT2D eigenvalue weighted by Crippen LogP contribution is 2.22. The zero-order chi connectivity index (χ0) is 13.5. The maximum atomic E-state index is 11.6. The number of hydrogen-bond acceptors (Lipinski definition) is 2. The Kier molecular flexibility index (Phi) is 5.40. The first-order valence-corrected chi connectivity index (χ1v) is 7.31. The average molecular weight is 260 g/mol. The highest BCUT2D eigenvalue weighted by atomic mass is 16.1. The van der Waals surface area contributed by atoms with Gasteiger partial charge < -0.3 is 10.6 Å². The predicted molar refractivity (Wildman–Crippen MR) is 78.3 cm³/mol. The molecule has 0 heterocycles. The van der Waals surface area contributed by atoms with Gasteiger partial charge in [0.25, 0.3) is 0 Å². The van der Waals surface area contributed by atoms with Gasteiger partial charge in [-0.1, -0.05) is 18.2 Å². The third kappa shape index (κ3) is 4.35. The summed E-state index contributed by atoms with van der Waals surface area (Å²) in [7, 11) is 1.91. The van der Waals surface area contributed by atoms with Crippen molar-refractivity contribution in [1.82, 2.24) is 10.6 Å². The number of hydrogen-bond donors (Lipinski definition) is 2. The predicted octanol–water partition coefficient (Wildman–Crippen LogP) is 1.83. The van der Waals surface area contributed by atoms with Crippen LogP contribution < -0.4 is 10.6 Å². The second-order valence-electron chi connectivity index (χ2n) is 5.26. The molecule has 104 valence electrons. The molecule has 0 saturated carbocycles. The van der Waals surface area contributed by atoms with E-state index in [0.29, 0.717) is 6.42 Å². The van der Waals surface area contributed by atoms with Crippen molar-refractivity contribution in [3.63, 3.8) is 0 Å². The summed E-state index contributed by atoms with van der Waals surface area (Å²) in [5.74, 6) is 0.163. The Hall–Kier alpha value is -1.35. The monoisotopic (exact) mass is 260 g/mol. The van der Waals surface area contributed by atoms with Gasteiger partial charge in [-0.2, -0.15) is 0 Å². The van der Waals surface area contributed by atoms with Gasteiger partial charge in [-0.3, -0.25) is 4.79 Å². The number of rotatable bonds is 7. The summed E-state index contributed by atoms with van der Waals surface area (Å²) in [6, 6.07) is 6.78. The lowest BCUT2D eigenvalue weighted by atomic mass is 10.0. The second kappa shape index (κ2) is 7.29. The van der Waals surface area contributed by atoms with Crippen molar-refractivity contribution in [3.8, 4) is 0 Å². The highest BCUT2D eigenvalue weighted by Gasteiger charge is 2.10. The third-order valence-corrected chi connectivity index (χ3v) is 3.73. The van der Waals surface area contributed by atoms with Crippen LogP contribution in [-0.2, 0) is 24.1 Å². The summed E-state index contributed by atoms with van der Waals surface area (Å²) in [6.45, 7) is 1.65. The number of amides is 1. The Morgan fingerprint density at radius 1 is 1.21 bits per heavy atom. The Labute approximate surface area is 115 Å². The lowest BCUT2D eigenvalue weighted by Crippen LogP contribution is -2.26. The molecule has 0 aromatic heterocycles. The van der Waals surface area contributed by atoms with Crippen molar-refractivity contribution in [3.05, 3.63) is 34.9 Å². The van der Waals surface area contributed by atoms with Crippen molar-refractivity contribution in [2.24, 2.45) is 0 Å². The molecule has 0 saturated heterocycles. The van der Waals surface area contributed by atoms with Crippen molar-refractivity contribution in [1.29, 1.82) is 0 Å². The van der Waals surface area contributed by atoms with Gasteiger partial charge in [0, 0.05) is 13.0 Å². The smallest absolute Gasteiger partial charge is 0.220 e. The molecule has 0 unspecified atom stereocenters. The molecular formula is C16H24N2O. The molecule has 1 aliphatic carbocycles. The largest absolute Gasteiger partial charge is 0.356 e. The van der Waals surface area contributed by atoms with Crippen LogP contribution >= 0.6 is 0 Å². The van der Waals surface area contributed by atoms with Gasteiger partial charge in [0.15, 0.2) is 0 Å². The van der Waals surface area contributed by atoms with E-state index in [2.05, 4.69) is 28.8 Å². The number of fused-ring (bicyclic) bond motifs is 1. The van der Waals surface area contributed by atoms with Crippen LogP contribution in [0.2, 0.25) is 0 Å². The number of carbonyl (C=O) groups excluding carboxylic acids is 1. The molecule has 0 radical (unpaired) electrons. The lowest BCUT2D eigenvalue weighted by Gasteiger charge is -2.07. The Morgan fingerprint density at radius 2 is 2.05 bits per heavy atom. The van der Waals surface area contributed by atoms with Gasteiger partial charge in [-0.15, -0.1) is 0 Å². The Bertz CT molecular complexity index is 429. The molecule has 0 aliphatic heterocycles. The van der Waals surface area contributed by atoms with E-state index in [-0.39, 0.29) is 5.91 Å². The summed E-state index contributed by atoms with van der Waals surface area (Å²) in [6.07, 6.45) is 6.20. The zero-order valence-electron chi connectivity index (χ0n) is 11.8. The first kappa shape index (κ1) is 14.1. The van der Waals surface area contributed by atoms with E-state index >= 15 is 0 Å². The molecule has 1 amide bonds. The van der Waals surface area contributed by atoms with Crippen LogP contribution in [0.1, 0.15) is 36.0 Å². The van der Waals surface area contributed by atoms with Crippen molar-refractivity contribution in [2.45, 2.75) is 38.5 Å². The van der Waals surface area contributed by atoms with Crippen molar-refractivity contribution < 1.29 is 4.79 Å². The maximum absolute atomic E-state index is 11.6. The molecule has 3 heteroatoms. The molecule has 1 aromatic rings. The molecule has 1 aliphatic rings. The van der Waals surface area contributed by atoms with E-state index in [1.165, 1.54) is 36.0 Å². The molecule has 0 atom stereocenters. The third-order valence-electron chi connectivity index (χ3n) is 3.73. The van der Waals surface area contributed by atoms with Gasteiger partial charge in [0.2, 0.25) is 5.91 Å². The minimum atomic E-state index is 0.163. The molecule has 0 bridgehead atoms. The fourth-order valence-electron chi connectivity index (χ4n) is 2.64. The van der Waals surface area contributed by atoms with Crippen LogP contribution in [-0.4, -0.2) is 26.0 Å². The van der Waals surface area contributed by atoms with Gasteiger partial charge in [-0.05, 0) is 62.4 Å². The standard InChI is InChI=1S/C16H24N2O/c1-17-10-3-6-16(19)18-11-9-13-7-8-14-4-2-5-15(14)12-13/h7-8,12,17H,2-6,9-11H2,1H3,(H,18,19). The SMILES string of the molecule is CNCCCC(=O)NCCc1ccc2c(c1)CCC2. The van der Waals surface area contributed by atoms with E-state index < -0.39 is 0 Å². The fraction of sp³-hybridized carbons (Fsp3) is 0.562. The topological polar surface area (TPSA) is 41.1 Å². The summed E-state index contributed by atoms with van der Waals surface area (Å²) >= 11 is 0. The Morgan fingerprint density at radius 3 is 2.89 bits per heavy atom. The molecule has 0 spiro atoms. The number of carbonyl (C=O) groups is 1. The van der Waals surface area contributed by atoms with Gasteiger partial charge in [-0.25, -0.2) is 0 Å². The summed E-state index contributed by atoms with van der Waals surface area (Å²) < 4.78 is 0. The quantitative estimate of drug-likeness (QED) is 0.734. The van der Waals surface area contributed by atoms with Crippen molar-refractivity contribution >= 4 is 5.91 Å². The van der Waals surface area contributed by atoms with Crippen LogP contribution in [0.4, 0.5) is 0 Å². The van der Waals surface area contributed by atoms with E-state index in [1.807, 2.05) is 7.05 Å². The minimum Gasteiger partial charge on any atom is -0.356 e. The molecule has 1 aromatic carbocycles. The van der Waals surface area contributed by atoms with E-state index in [9.17, 15) is 4.79 Å². The first-order chi connectivity index (χ1) is 9.29. The van der Waals surface area contributed by atoms with Crippen molar-refractivity contribution in [2.75, 3.05) is 20.1 Å². The van der Waals surface area contributed by atoms with Crippen LogP contribution in [0.5, 0.6) is 0 Å². The van der Waals surface area contributed by atoms with Crippen LogP contribution in [0, 0.1) is 0 Å². The fourth-order valence-corrected chi connectivity index (χ4v) is 2.64. The molecule has 0 fully saturated rings. The van der Waals surface area contributed by atoms with Gasteiger partial charge in [0.1, 0.15) is 0 Å². The normalized spacial score (nSPS) is 13.3. The second-order valence-corrected chi connectivity index (χ2v) is 5.26. The van der Waals surface area contributed by atoms with Crippen LogP contribution in [0.3, 0.4) is 0 Å². The number of aryl methyl sites for hydroxylation is 2. The van der Waals surface area contributed by atoms with Gasteiger partial charge >= 0.3 is 0 Å². The zero-order valence-corrected chi connectivity index (χ0v) is 11.8. The Balaban J connectivity index is 1.69. The molecule has 3 nitrogen and oxygen atoms in total. The highest BCUT2D eigenvalue weighted by molar-refractivity contribution is 5.75. The maximum Gasteiger partial charge on any atom is 0.220 e. The van der Waals surface area contributed by atoms with E-state index in [1.54, 1.807) is 0 Å². The molecule has 19 heavy (non-hydrogen) atoms. The summed E-state index contributed by atoms with van der Waals surface area (Å²) in [4.78, 5) is 11.6. The molecule has 2 rings (SSSR count). The molecule has 2 N–H and O–H groups in total. The lowest BCUT2D eigenvalue weighted by molar-refractivity contribution is -0.121. The number of benzene rings is 1. The number of nitrogens with one attached hydrogen (secondary N) is 2. The summed E-state index contributed by atoms with van der Waals surface area (Å²) in [5.41, 5.74) is 4.37. The molecular weight excluding hydrogens is 236 g/mol. The minimum absolute atomic E-state index is 0.163. The van der Waals surface area contributed by atoms with E-state index in [0.717, 1.165) is 25.9 Å². The van der Waals surface area contributed by atoms with Crippen LogP contribution in [0.15, 0.2) is 18.2 Å². The van der Waals surface area contributed by atoms with E-state index in [4.69, 9.17) is 0 Å². The van der Waals surface area contributed by atoms with Crippen LogP contribution in [0.25, 0.3) is 0 Å². The first-order valence-electron chi connectivity index (χ1n) is 7.31. The summed E-state index contributed by atoms with van der Waals surface area (Å²) in [5, 5.41) is 6.04. The average Bonchev–Trinajstić information content (AvgIpc) is 2.86.